The summed E-state index contributed by atoms with van der Waals surface area (Å²) in [6.45, 7) is 1.96. The van der Waals surface area contributed by atoms with E-state index >= 15 is 0 Å². The first-order chi connectivity index (χ1) is 12.0. The summed E-state index contributed by atoms with van der Waals surface area (Å²) in [4.78, 5) is 32.4. The van der Waals surface area contributed by atoms with E-state index < -0.39 is 6.03 Å². The zero-order chi connectivity index (χ0) is 18.0. The number of rotatable bonds is 4. The highest BCUT2D eigenvalue weighted by Crippen LogP contribution is 2.24. The summed E-state index contributed by atoms with van der Waals surface area (Å²) in [7, 11) is 1.50. The number of ketones is 1. The number of amides is 2. The van der Waals surface area contributed by atoms with E-state index in [0.717, 1.165) is 5.69 Å². The molecule has 9 heteroatoms. The molecule has 3 aromatic rings. The molecule has 0 aliphatic rings. The Bertz CT molecular complexity index is 964. The number of urea groups is 1. The van der Waals surface area contributed by atoms with Crippen LogP contribution in [0.3, 0.4) is 0 Å². The lowest BCUT2D eigenvalue weighted by Crippen LogP contribution is -2.24. The maximum atomic E-state index is 13.0. The number of hydrogen-bond acceptors (Lipinski definition) is 6. The van der Waals surface area contributed by atoms with Crippen LogP contribution in [-0.2, 0) is 6.42 Å². The Balaban J connectivity index is 2.06. The van der Waals surface area contributed by atoms with Gasteiger partial charge in [0.1, 0.15) is 11.8 Å². The number of anilines is 2. The topological polar surface area (TPSA) is 127 Å². The van der Waals surface area contributed by atoms with Crippen LogP contribution < -0.4 is 16.4 Å². The number of pyridine rings is 1. The van der Waals surface area contributed by atoms with Gasteiger partial charge in [-0.1, -0.05) is 6.92 Å². The molecule has 0 aromatic carbocycles. The van der Waals surface area contributed by atoms with Crippen molar-refractivity contribution in [2.75, 3.05) is 18.1 Å². The van der Waals surface area contributed by atoms with E-state index in [1.807, 2.05) is 6.92 Å². The molecule has 25 heavy (non-hydrogen) atoms. The predicted octanol–water partition coefficient (Wildman–Crippen LogP) is 1.25. The molecule has 0 spiro atoms. The lowest BCUT2D eigenvalue weighted by Gasteiger charge is -2.06. The van der Waals surface area contributed by atoms with Gasteiger partial charge in [0.15, 0.2) is 11.6 Å². The average molecular weight is 339 g/mol. The Morgan fingerprint density at radius 2 is 2.08 bits per heavy atom. The predicted molar refractivity (Wildman–Crippen MR) is 92.5 cm³/mol. The molecule has 0 saturated carbocycles. The van der Waals surface area contributed by atoms with Gasteiger partial charge in [-0.15, -0.1) is 0 Å². The Kier molecular flexibility index (Phi) is 4.29. The Morgan fingerprint density at radius 1 is 1.28 bits per heavy atom. The highest BCUT2D eigenvalue weighted by atomic mass is 16.2. The van der Waals surface area contributed by atoms with Crippen molar-refractivity contribution in [2.24, 2.45) is 0 Å². The molecule has 3 heterocycles. The molecule has 0 bridgehead atoms. The lowest BCUT2D eigenvalue weighted by molar-refractivity contribution is 0.104. The number of aromatic nitrogens is 4. The minimum atomic E-state index is -0.397. The van der Waals surface area contributed by atoms with Crippen LogP contribution in [0.1, 0.15) is 28.5 Å². The van der Waals surface area contributed by atoms with E-state index in [9.17, 15) is 9.59 Å². The van der Waals surface area contributed by atoms with Crippen LogP contribution in [0.4, 0.5) is 16.3 Å². The summed E-state index contributed by atoms with van der Waals surface area (Å²) < 4.78 is 1.62. The van der Waals surface area contributed by atoms with Gasteiger partial charge in [-0.25, -0.2) is 14.3 Å². The fourth-order valence-electron chi connectivity index (χ4n) is 2.54. The number of aryl methyl sites for hydroxylation is 1. The second-order valence-electron chi connectivity index (χ2n) is 5.30. The van der Waals surface area contributed by atoms with E-state index in [1.165, 1.54) is 25.8 Å². The second-order valence-corrected chi connectivity index (χ2v) is 5.30. The van der Waals surface area contributed by atoms with Gasteiger partial charge in [-0.2, -0.15) is 5.10 Å². The number of nitrogens with zero attached hydrogens (tertiary/aromatic N) is 4. The zero-order valence-corrected chi connectivity index (χ0v) is 13.8. The summed E-state index contributed by atoms with van der Waals surface area (Å²) in [5.41, 5.74) is 8.40. The van der Waals surface area contributed by atoms with Gasteiger partial charge >= 0.3 is 6.03 Å². The van der Waals surface area contributed by atoms with Crippen molar-refractivity contribution in [1.82, 2.24) is 24.9 Å². The minimum absolute atomic E-state index is 0.227. The smallest absolute Gasteiger partial charge is 0.319 e. The fourth-order valence-corrected chi connectivity index (χ4v) is 2.54. The molecule has 0 fully saturated rings. The molecule has 4 N–H and O–H groups in total. The number of carbonyl (C=O) groups is 2. The maximum Gasteiger partial charge on any atom is 0.319 e. The molecule has 0 atom stereocenters. The van der Waals surface area contributed by atoms with E-state index in [4.69, 9.17) is 5.73 Å². The molecule has 0 aliphatic carbocycles. The summed E-state index contributed by atoms with van der Waals surface area (Å²) in [6.07, 6.45) is 4.93. The van der Waals surface area contributed by atoms with Crippen LogP contribution in [0.5, 0.6) is 0 Å². The SMILES string of the molecule is CCc1cc(C(=O)c2cncc(NC(=O)NC)c2)c2c(N)ncnn12. The molecule has 0 radical (unpaired) electrons. The van der Waals surface area contributed by atoms with Crippen molar-refractivity contribution in [1.29, 1.82) is 0 Å². The summed E-state index contributed by atoms with van der Waals surface area (Å²) in [5, 5.41) is 9.19. The largest absolute Gasteiger partial charge is 0.382 e. The Morgan fingerprint density at radius 3 is 2.80 bits per heavy atom. The highest BCUT2D eigenvalue weighted by Gasteiger charge is 2.20. The molecule has 0 unspecified atom stereocenters. The van der Waals surface area contributed by atoms with Gasteiger partial charge in [0, 0.05) is 24.5 Å². The van der Waals surface area contributed by atoms with Crippen molar-refractivity contribution >= 4 is 28.8 Å². The number of carbonyl (C=O) groups excluding carboxylic acids is 2. The molecule has 0 saturated heterocycles. The van der Waals surface area contributed by atoms with Crippen LogP contribution in [0.25, 0.3) is 5.52 Å². The number of fused-ring (bicyclic) bond motifs is 1. The van der Waals surface area contributed by atoms with Crippen LogP contribution in [0.15, 0.2) is 30.9 Å². The van der Waals surface area contributed by atoms with Crippen molar-refractivity contribution in [3.8, 4) is 0 Å². The number of nitrogen functional groups attached to an aromatic ring is 1. The van der Waals surface area contributed by atoms with Gasteiger partial charge in [0.2, 0.25) is 0 Å². The van der Waals surface area contributed by atoms with Gasteiger partial charge in [0.25, 0.3) is 0 Å². The molecule has 128 valence electrons. The lowest BCUT2D eigenvalue weighted by atomic mass is 10.1. The molecule has 9 nitrogen and oxygen atoms in total. The molecular formula is C16H17N7O2. The molecular weight excluding hydrogens is 322 g/mol. The first kappa shape index (κ1) is 16.4. The zero-order valence-electron chi connectivity index (χ0n) is 13.8. The minimum Gasteiger partial charge on any atom is -0.382 e. The monoisotopic (exact) mass is 339 g/mol. The van der Waals surface area contributed by atoms with Crippen molar-refractivity contribution in [3.63, 3.8) is 0 Å². The maximum absolute atomic E-state index is 13.0. The number of hydrogen-bond donors (Lipinski definition) is 3. The number of nitrogens with two attached hydrogens (primary N) is 1. The first-order valence-electron chi connectivity index (χ1n) is 7.64. The number of nitrogens with one attached hydrogen (secondary N) is 2. The standard InChI is InChI=1S/C16H17N7O2/c1-3-11-5-12(13-15(17)20-8-21-23(11)13)14(24)9-4-10(7-19-6-9)22-16(25)18-2/h4-8H,3H2,1-2H3,(H2,17,20,21)(H2,18,22,25). The van der Waals surface area contributed by atoms with Crippen LogP contribution in [0, 0.1) is 0 Å². The van der Waals surface area contributed by atoms with E-state index in [-0.39, 0.29) is 11.6 Å². The van der Waals surface area contributed by atoms with Gasteiger partial charge in [0.05, 0.1) is 17.4 Å². The Labute approximate surface area is 143 Å². The second kappa shape index (κ2) is 6.56. The normalized spacial score (nSPS) is 10.6. The fraction of sp³-hybridized carbons (Fsp3) is 0.188. The van der Waals surface area contributed by atoms with Crippen molar-refractivity contribution in [3.05, 3.63) is 47.7 Å². The summed E-state index contributed by atoms with van der Waals surface area (Å²) in [6, 6.07) is 2.91. The van der Waals surface area contributed by atoms with Gasteiger partial charge in [-0.05, 0) is 18.6 Å². The third-order valence-corrected chi connectivity index (χ3v) is 3.75. The first-order valence-corrected chi connectivity index (χ1v) is 7.64. The average Bonchev–Trinajstić information content (AvgIpc) is 3.01. The molecule has 2 amide bonds. The summed E-state index contributed by atoms with van der Waals surface area (Å²) in [5.74, 6) is -0.0441. The van der Waals surface area contributed by atoms with Crippen LogP contribution in [0.2, 0.25) is 0 Å². The molecule has 3 rings (SSSR count). The van der Waals surface area contributed by atoms with Gasteiger partial charge in [-0.3, -0.25) is 9.78 Å². The third-order valence-electron chi connectivity index (χ3n) is 3.75. The van der Waals surface area contributed by atoms with E-state index in [2.05, 4.69) is 25.7 Å². The van der Waals surface area contributed by atoms with Crippen molar-refractivity contribution in [2.45, 2.75) is 13.3 Å². The Hall–Kier alpha value is -3.49. The van der Waals surface area contributed by atoms with Gasteiger partial charge < -0.3 is 16.4 Å². The molecule has 0 aliphatic heterocycles. The summed E-state index contributed by atoms with van der Waals surface area (Å²) >= 11 is 0. The third kappa shape index (κ3) is 2.99. The van der Waals surface area contributed by atoms with Crippen LogP contribution >= 0.6 is 0 Å². The molecule has 3 aromatic heterocycles. The highest BCUT2D eigenvalue weighted by molar-refractivity contribution is 6.15. The van der Waals surface area contributed by atoms with Crippen molar-refractivity contribution < 1.29 is 9.59 Å². The van der Waals surface area contributed by atoms with E-state index in [0.29, 0.717) is 28.8 Å². The van der Waals surface area contributed by atoms with Crippen LogP contribution in [-0.4, -0.2) is 38.4 Å². The quantitative estimate of drug-likeness (QED) is 0.614. The van der Waals surface area contributed by atoms with E-state index in [1.54, 1.807) is 16.6 Å².